The molecule has 1 aliphatic heterocycles. The number of methoxy groups -OCH3 is 1. The van der Waals surface area contributed by atoms with Crippen LogP contribution in [0.1, 0.15) is 36.6 Å². The fourth-order valence-corrected chi connectivity index (χ4v) is 4.75. The number of hydrogen-bond acceptors (Lipinski definition) is 6. The zero-order valence-corrected chi connectivity index (χ0v) is 20.4. The van der Waals surface area contributed by atoms with Crippen molar-refractivity contribution in [1.82, 2.24) is 24.3 Å². The van der Waals surface area contributed by atoms with Crippen LogP contribution in [0.3, 0.4) is 0 Å². The summed E-state index contributed by atoms with van der Waals surface area (Å²) in [7, 11) is 1.59. The van der Waals surface area contributed by atoms with Crippen molar-refractivity contribution in [1.29, 1.82) is 0 Å². The number of ether oxygens (including phenoxy) is 1. The van der Waals surface area contributed by atoms with Crippen LogP contribution in [-0.2, 0) is 11.3 Å². The smallest absolute Gasteiger partial charge is 0.248 e. The lowest BCUT2D eigenvalue weighted by Gasteiger charge is -2.31. The standard InChI is InChI=1S/C26H25F2N7O2/c1-15-12-33(14-29-15)21-8-6-19(10-23(21)37-2)30-25-31-26-34(13-17-9-18(27)5-7-20(17)28)24(36)11-22(16-3-4-16)35(26)32-25/h5-10,12,14,16,22H,3-4,11,13H2,1-2H3,(H,30,32). The highest BCUT2D eigenvalue weighted by atomic mass is 19.1. The van der Waals surface area contributed by atoms with Gasteiger partial charge in [0, 0.05) is 23.5 Å². The second-order valence-electron chi connectivity index (χ2n) is 9.44. The van der Waals surface area contributed by atoms with Crippen LogP contribution >= 0.6 is 0 Å². The number of benzene rings is 2. The fourth-order valence-electron chi connectivity index (χ4n) is 4.75. The second-order valence-corrected chi connectivity index (χ2v) is 9.44. The Hall–Kier alpha value is -4.28. The van der Waals surface area contributed by atoms with Crippen molar-refractivity contribution in [2.45, 2.75) is 38.8 Å². The van der Waals surface area contributed by atoms with Crippen LogP contribution in [0.4, 0.5) is 26.4 Å². The molecule has 6 rings (SSSR count). The van der Waals surface area contributed by atoms with E-state index in [-0.39, 0.29) is 30.5 Å². The Balaban J connectivity index is 1.32. The molecule has 0 saturated heterocycles. The molecule has 0 bridgehead atoms. The van der Waals surface area contributed by atoms with Crippen LogP contribution in [0, 0.1) is 24.5 Å². The van der Waals surface area contributed by atoms with Crippen molar-refractivity contribution in [3.8, 4) is 11.4 Å². The highest BCUT2D eigenvalue weighted by molar-refractivity contribution is 5.93. The largest absolute Gasteiger partial charge is 0.494 e. The van der Waals surface area contributed by atoms with Crippen molar-refractivity contribution < 1.29 is 18.3 Å². The van der Waals surface area contributed by atoms with Crippen molar-refractivity contribution in [3.05, 3.63) is 71.8 Å². The first-order valence-corrected chi connectivity index (χ1v) is 12.1. The molecule has 2 aromatic heterocycles. The predicted octanol–water partition coefficient (Wildman–Crippen LogP) is 4.69. The van der Waals surface area contributed by atoms with E-state index in [1.165, 1.54) is 4.90 Å². The molecule has 3 heterocycles. The Morgan fingerprint density at radius 1 is 1.16 bits per heavy atom. The van der Waals surface area contributed by atoms with Crippen LogP contribution < -0.4 is 15.0 Å². The van der Waals surface area contributed by atoms with Crippen LogP contribution in [0.2, 0.25) is 0 Å². The number of halogens is 2. The summed E-state index contributed by atoms with van der Waals surface area (Å²) >= 11 is 0. The maximum absolute atomic E-state index is 14.4. The summed E-state index contributed by atoms with van der Waals surface area (Å²) in [4.78, 5) is 23.4. The first kappa shape index (κ1) is 23.1. The molecule has 1 aliphatic carbocycles. The monoisotopic (exact) mass is 505 g/mol. The number of hydrogen-bond donors (Lipinski definition) is 1. The third-order valence-electron chi connectivity index (χ3n) is 6.78. The Bertz CT molecular complexity index is 1490. The average molecular weight is 506 g/mol. The van der Waals surface area contributed by atoms with Gasteiger partial charge in [0.05, 0.1) is 43.8 Å². The average Bonchev–Trinajstić information content (AvgIpc) is 3.50. The van der Waals surface area contributed by atoms with Crippen LogP contribution in [0.5, 0.6) is 5.75 Å². The second kappa shape index (κ2) is 8.99. The molecule has 0 radical (unpaired) electrons. The third kappa shape index (κ3) is 4.41. The highest BCUT2D eigenvalue weighted by Gasteiger charge is 2.42. The van der Waals surface area contributed by atoms with E-state index in [0.29, 0.717) is 29.3 Å². The van der Waals surface area contributed by atoms with E-state index in [9.17, 15) is 13.6 Å². The van der Waals surface area contributed by atoms with Gasteiger partial charge in [-0.05, 0) is 56.0 Å². The molecule has 1 atom stereocenters. The first-order valence-electron chi connectivity index (χ1n) is 12.1. The maximum Gasteiger partial charge on any atom is 0.248 e. The summed E-state index contributed by atoms with van der Waals surface area (Å²) in [5.41, 5.74) is 2.49. The Kier molecular flexibility index (Phi) is 5.62. The minimum absolute atomic E-state index is 0.0809. The van der Waals surface area contributed by atoms with Crippen LogP contribution in [0.25, 0.3) is 5.69 Å². The molecule has 1 saturated carbocycles. The number of rotatable bonds is 7. The predicted molar refractivity (Wildman–Crippen MR) is 132 cm³/mol. The van der Waals surface area contributed by atoms with Crippen molar-refractivity contribution >= 4 is 23.5 Å². The Labute approximate surface area is 211 Å². The lowest BCUT2D eigenvalue weighted by Crippen LogP contribution is -2.40. The van der Waals surface area contributed by atoms with E-state index in [0.717, 1.165) is 42.4 Å². The number of fused-ring (bicyclic) bond motifs is 1. The molecule has 1 N–H and O–H groups in total. The topological polar surface area (TPSA) is 90.1 Å². The summed E-state index contributed by atoms with van der Waals surface area (Å²) < 4.78 is 37.4. The highest BCUT2D eigenvalue weighted by Crippen LogP contribution is 2.45. The minimum atomic E-state index is -0.580. The molecule has 1 amide bonds. The van der Waals surface area contributed by atoms with Crippen molar-refractivity contribution in [2.24, 2.45) is 5.92 Å². The number of aryl methyl sites for hydroxylation is 1. The number of aromatic nitrogens is 5. The molecule has 37 heavy (non-hydrogen) atoms. The molecular weight excluding hydrogens is 480 g/mol. The zero-order chi connectivity index (χ0) is 25.7. The van der Waals surface area contributed by atoms with Gasteiger partial charge in [-0.3, -0.25) is 9.69 Å². The molecule has 2 aromatic carbocycles. The van der Waals surface area contributed by atoms with Gasteiger partial charge in [0.1, 0.15) is 17.4 Å². The van der Waals surface area contributed by atoms with E-state index in [4.69, 9.17) is 4.74 Å². The quantitative estimate of drug-likeness (QED) is 0.392. The number of carbonyl (C=O) groups is 1. The van der Waals surface area contributed by atoms with Gasteiger partial charge >= 0.3 is 0 Å². The lowest BCUT2D eigenvalue weighted by molar-refractivity contribution is -0.120. The molecule has 9 nitrogen and oxygen atoms in total. The normalized spacial score (nSPS) is 17.1. The molecule has 0 spiro atoms. The van der Waals surface area contributed by atoms with Gasteiger partial charge in [0.15, 0.2) is 0 Å². The third-order valence-corrected chi connectivity index (χ3v) is 6.78. The number of nitrogens with one attached hydrogen (secondary N) is 1. The number of nitrogens with zero attached hydrogens (tertiary/aromatic N) is 6. The zero-order valence-electron chi connectivity index (χ0n) is 20.4. The number of carbonyl (C=O) groups excluding carboxylic acids is 1. The Morgan fingerprint density at radius 2 is 2.00 bits per heavy atom. The van der Waals surface area contributed by atoms with Crippen LogP contribution in [-0.4, -0.2) is 37.3 Å². The first-order chi connectivity index (χ1) is 17.9. The lowest BCUT2D eigenvalue weighted by atomic mass is 10.1. The van der Waals surface area contributed by atoms with Gasteiger partial charge < -0.3 is 14.6 Å². The molecule has 190 valence electrons. The molecule has 4 aromatic rings. The molecule has 2 aliphatic rings. The van der Waals surface area contributed by atoms with E-state index in [1.807, 2.05) is 35.9 Å². The number of anilines is 3. The van der Waals surface area contributed by atoms with E-state index in [1.54, 1.807) is 18.1 Å². The fraction of sp³-hybridized carbons (Fsp3) is 0.308. The van der Waals surface area contributed by atoms with Gasteiger partial charge in [-0.15, -0.1) is 5.10 Å². The van der Waals surface area contributed by atoms with Crippen molar-refractivity contribution in [3.63, 3.8) is 0 Å². The maximum atomic E-state index is 14.4. The Morgan fingerprint density at radius 3 is 2.73 bits per heavy atom. The molecule has 11 heteroatoms. The molecular formula is C26H25F2N7O2. The van der Waals surface area contributed by atoms with Gasteiger partial charge in [-0.1, -0.05) is 0 Å². The van der Waals surface area contributed by atoms with E-state index < -0.39 is 11.6 Å². The van der Waals surface area contributed by atoms with Crippen LogP contribution in [0.15, 0.2) is 48.9 Å². The molecule has 1 fully saturated rings. The summed E-state index contributed by atoms with van der Waals surface area (Å²) in [6, 6.07) is 8.70. The van der Waals surface area contributed by atoms with Crippen molar-refractivity contribution in [2.75, 3.05) is 17.3 Å². The van der Waals surface area contributed by atoms with Gasteiger partial charge in [-0.25, -0.2) is 18.4 Å². The SMILES string of the molecule is COc1cc(Nc2nc3n(n2)C(C2CC2)CC(=O)N3Cc2cc(F)ccc2F)ccc1-n1cnc(C)c1. The van der Waals surface area contributed by atoms with E-state index >= 15 is 0 Å². The van der Waals surface area contributed by atoms with Gasteiger partial charge in [0.25, 0.3) is 0 Å². The minimum Gasteiger partial charge on any atom is -0.494 e. The summed E-state index contributed by atoms with van der Waals surface area (Å²) in [6.45, 7) is 1.78. The number of imidazole rings is 1. The summed E-state index contributed by atoms with van der Waals surface area (Å²) in [5, 5.41) is 7.87. The molecule has 1 unspecified atom stereocenters. The van der Waals surface area contributed by atoms with Gasteiger partial charge in [-0.2, -0.15) is 4.98 Å². The van der Waals surface area contributed by atoms with E-state index in [2.05, 4.69) is 20.4 Å². The number of amides is 1. The summed E-state index contributed by atoms with van der Waals surface area (Å²) in [6.07, 6.45) is 5.90. The summed E-state index contributed by atoms with van der Waals surface area (Å²) in [5.74, 6) is 0.259. The van der Waals surface area contributed by atoms with Gasteiger partial charge in [0.2, 0.25) is 17.8 Å².